The number of anilines is 1. The van der Waals surface area contributed by atoms with Crippen LogP contribution in [0.4, 0.5) is 11.4 Å². The van der Waals surface area contributed by atoms with Crippen molar-refractivity contribution in [2.24, 2.45) is 17.6 Å². The molecule has 1 aromatic rings. The van der Waals surface area contributed by atoms with Gasteiger partial charge in [-0.05, 0) is 43.9 Å². The number of carbonyl (C=O) groups excluding carboxylic acids is 1. The lowest BCUT2D eigenvalue weighted by Crippen LogP contribution is -2.30. The van der Waals surface area contributed by atoms with Crippen molar-refractivity contribution >= 4 is 17.3 Å². The van der Waals surface area contributed by atoms with E-state index in [1.807, 2.05) is 6.92 Å². The molecule has 0 saturated heterocycles. The molecule has 1 amide bonds. The van der Waals surface area contributed by atoms with Gasteiger partial charge in [-0.3, -0.25) is 14.9 Å². The van der Waals surface area contributed by atoms with E-state index in [2.05, 4.69) is 5.32 Å². The smallest absolute Gasteiger partial charge is 0.292 e. The van der Waals surface area contributed by atoms with Crippen LogP contribution in [0.3, 0.4) is 0 Å². The summed E-state index contributed by atoms with van der Waals surface area (Å²) in [7, 11) is 0. The van der Waals surface area contributed by atoms with Gasteiger partial charge < -0.3 is 11.1 Å². The number of nitro benzene ring substituents is 1. The van der Waals surface area contributed by atoms with Crippen LogP contribution in [0.1, 0.15) is 24.8 Å². The van der Waals surface area contributed by atoms with E-state index in [4.69, 9.17) is 5.73 Å². The number of nitrogens with zero attached hydrogens (tertiary/aromatic N) is 1. The van der Waals surface area contributed by atoms with Crippen LogP contribution in [0.25, 0.3) is 0 Å². The maximum Gasteiger partial charge on any atom is 0.292 e. The van der Waals surface area contributed by atoms with Gasteiger partial charge in [0.05, 0.1) is 4.92 Å². The van der Waals surface area contributed by atoms with Crippen molar-refractivity contribution in [1.82, 2.24) is 0 Å². The van der Waals surface area contributed by atoms with E-state index in [0.29, 0.717) is 6.54 Å². The molecule has 108 valence electrons. The lowest BCUT2D eigenvalue weighted by atomic mass is 9.95. The maximum absolute atomic E-state index is 12.3. The Balaban J connectivity index is 2.19. The molecule has 1 aliphatic carbocycles. The van der Waals surface area contributed by atoms with Crippen molar-refractivity contribution in [3.63, 3.8) is 0 Å². The summed E-state index contributed by atoms with van der Waals surface area (Å²) in [6.45, 7) is 2.31. The second kappa shape index (κ2) is 6.00. The number of hydrogen-bond acceptors (Lipinski definition) is 4. The van der Waals surface area contributed by atoms with Crippen LogP contribution in [-0.4, -0.2) is 17.4 Å². The van der Waals surface area contributed by atoms with Gasteiger partial charge in [0, 0.05) is 12.0 Å². The second-order valence-electron chi connectivity index (χ2n) is 5.30. The van der Waals surface area contributed by atoms with E-state index in [1.165, 1.54) is 6.07 Å². The first-order valence-corrected chi connectivity index (χ1v) is 6.79. The van der Waals surface area contributed by atoms with Crippen LogP contribution in [0, 0.1) is 28.9 Å². The highest BCUT2D eigenvalue weighted by atomic mass is 16.6. The van der Waals surface area contributed by atoms with Gasteiger partial charge in [-0.25, -0.2) is 0 Å². The highest BCUT2D eigenvalue weighted by Gasteiger charge is 2.32. The number of hydrogen-bond donors (Lipinski definition) is 2. The van der Waals surface area contributed by atoms with Gasteiger partial charge in [0.1, 0.15) is 5.69 Å². The molecule has 2 atom stereocenters. The summed E-state index contributed by atoms with van der Waals surface area (Å²) >= 11 is 0. The summed E-state index contributed by atoms with van der Waals surface area (Å²) in [4.78, 5) is 22.8. The number of rotatable bonds is 4. The van der Waals surface area contributed by atoms with Crippen molar-refractivity contribution in [1.29, 1.82) is 0 Å². The number of nitrogens with two attached hydrogens (primary N) is 1. The third-order valence-corrected chi connectivity index (χ3v) is 3.91. The first-order valence-electron chi connectivity index (χ1n) is 6.79. The topological polar surface area (TPSA) is 98.3 Å². The number of carbonyl (C=O) groups is 1. The maximum atomic E-state index is 12.3. The Morgan fingerprint density at radius 3 is 2.90 bits per heavy atom. The van der Waals surface area contributed by atoms with Crippen molar-refractivity contribution in [3.8, 4) is 0 Å². The molecular weight excluding hydrogens is 258 g/mol. The summed E-state index contributed by atoms with van der Waals surface area (Å²) < 4.78 is 0. The number of aryl methyl sites for hydroxylation is 1. The number of benzene rings is 1. The van der Waals surface area contributed by atoms with Crippen molar-refractivity contribution < 1.29 is 9.72 Å². The molecule has 0 aromatic heterocycles. The summed E-state index contributed by atoms with van der Waals surface area (Å²) in [6.07, 6.45) is 2.73. The predicted molar refractivity (Wildman–Crippen MR) is 76.3 cm³/mol. The average molecular weight is 277 g/mol. The summed E-state index contributed by atoms with van der Waals surface area (Å²) in [5.41, 5.74) is 6.73. The highest BCUT2D eigenvalue weighted by Crippen LogP contribution is 2.33. The molecule has 0 spiro atoms. The second-order valence-corrected chi connectivity index (χ2v) is 5.30. The number of nitro groups is 1. The van der Waals surface area contributed by atoms with Crippen molar-refractivity contribution in [3.05, 3.63) is 33.9 Å². The van der Waals surface area contributed by atoms with E-state index < -0.39 is 4.92 Å². The fraction of sp³-hybridized carbons (Fsp3) is 0.500. The van der Waals surface area contributed by atoms with Gasteiger partial charge in [-0.15, -0.1) is 0 Å². The Kier molecular flexibility index (Phi) is 4.34. The van der Waals surface area contributed by atoms with Gasteiger partial charge in [0.15, 0.2) is 0 Å². The molecule has 0 aliphatic heterocycles. The molecule has 1 fully saturated rings. The monoisotopic (exact) mass is 277 g/mol. The molecule has 6 heteroatoms. The molecule has 0 bridgehead atoms. The Labute approximate surface area is 117 Å². The summed E-state index contributed by atoms with van der Waals surface area (Å²) in [6, 6.07) is 4.70. The zero-order valence-electron chi connectivity index (χ0n) is 11.5. The van der Waals surface area contributed by atoms with E-state index in [1.54, 1.807) is 12.1 Å². The van der Waals surface area contributed by atoms with Crippen molar-refractivity contribution in [2.45, 2.75) is 26.2 Å². The predicted octanol–water partition coefficient (Wildman–Crippen LogP) is 2.22. The first-order chi connectivity index (χ1) is 9.52. The Morgan fingerprint density at radius 2 is 2.25 bits per heavy atom. The minimum Gasteiger partial charge on any atom is -0.330 e. The standard InChI is InChI=1S/C14H19N3O3/c1-9-5-6-13(17(19)20)12(7-9)16-14(18)11-4-2-3-10(11)8-15/h5-7,10-11H,2-4,8,15H2,1H3,(H,16,18). The van der Waals surface area contributed by atoms with E-state index >= 15 is 0 Å². The number of amides is 1. The molecule has 2 rings (SSSR count). The van der Waals surface area contributed by atoms with Crippen LogP contribution < -0.4 is 11.1 Å². The molecule has 20 heavy (non-hydrogen) atoms. The van der Waals surface area contributed by atoms with Gasteiger partial charge >= 0.3 is 0 Å². The van der Waals surface area contributed by atoms with Crippen molar-refractivity contribution in [2.75, 3.05) is 11.9 Å². The minimum atomic E-state index is -0.482. The molecule has 0 radical (unpaired) electrons. The van der Waals surface area contributed by atoms with E-state index in [9.17, 15) is 14.9 Å². The lowest BCUT2D eigenvalue weighted by Gasteiger charge is -2.17. The quantitative estimate of drug-likeness (QED) is 0.651. The third kappa shape index (κ3) is 2.96. The van der Waals surface area contributed by atoms with Crippen LogP contribution in [0.2, 0.25) is 0 Å². The highest BCUT2D eigenvalue weighted by molar-refractivity contribution is 5.95. The minimum absolute atomic E-state index is 0.0776. The summed E-state index contributed by atoms with van der Waals surface area (Å²) in [5, 5.41) is 13.7. The Bertz CT molecular complexity index is 530. The Hall–Kier alpha value is -1.95. The van der Waals surface area contributed by atoms with Crippen LogP contribution in [-0.2, 0) is 4.79 Å². The zero-order chi connectivity index (χ0) is 14.7. The molecule has 2 unspecified atom stereocenters. The normalized spacial score (nSPS) is 21.7. The van der Waals surface area contributed by atoms with Gasteiger partial charge in [0.25, 0.3) is 5.69 Å². The lowest BCUT2D eigenvalue weighted by molar-refractivity contribution is -0.383. The first kappa shape index (κ1) is 14.5. The molecular formula is C14H19N3O3. The molecule has 1 aromatic carbocycles. The summed E-state index contributed by atoms with van der Waals surface area (Å²) in [5.74, 6) is -0.120. The largest absolute Gasteiger partial charge is 0.330 e. The van der Waals surface area contributed by atoms with Gasteiger partial charge in [0.2, 0.25) is 5.91 Å². The Morgan fingerprint density at radius 1 is 1.50 bits per heavy atom. The van der Waals surface area contributed by atoms with E-state index in [0.717, 1.165) is 24.8 Å². The molecule has 1 aliphatic rings. The third-order valence-electron chi connectivity index (χ3n) is 3.91. The fourth-order valence-corrected chi connectivity index (χ4v) is 2.80. The van der Waals surface area contributed by atoms with E-state index in [-0.39, 0.29) is 29.1 Å². The number of nitrogens with one attached hydrogen (secondary N) is 1. The average Bonchev–Trinajstić information content (AvgIpc) is 2.86. The molecule has 6 nitrogen and oxygen atoms in total. The zero-order valence-corrected chi connectivity index (χ0v) is 11.5. The van der Waals surface area contributed by atoms with Crippen LogP contribution in [0.5, 0.6) is 0 Å². The molecule has 1 saturated carbocycles. The van der Waals surface area contributed by atoms with Crippen LogP contribution in [0.15, 0.2) is 18.2 Å². The fourth-order valence-electron chi connectivity index (χ4n) is 2.80. The molecule has 0 heterocycles. The van der Waals surface area contributed by atoms with Gasteiger partial charge in [-0.2, -0.15) is 0 Å². The molecule has 3 N–H and O–H groups in total. The SMILES string of the molecule is Cc1ccc([N+](=O)[O-])c(NC(=O)C2CCCC2CN)c1. The van der Waals surface area contributed by atoms with Crippen LogP contribution >= 0.6 is 0 Å². The van der Waals surface area contributed by atoms with Gasteiger partial charge in [-0.1, -0.05) is 12.5 Å².